The fourth-order valence-corrected chi connectivity index (χ4v) is 7.40. The molecule has 5 nitrogen and oxygen atoms in total. The second-order valence-electron chi connectivity index (χ2n) is 7.84. The Bertz CT molecular complexity index is 1240. The van der Waals surface area contributed by atoms with Gasteiger partial charge in [0.05, 0.1) is 29.9 Å². The first-order valence-corrected chi connectivity index (χ1v) is 14.2. The highest BCUT2D eigenvalue weighted by Crippen LogP contribution is 2.47. The Labute approximate surface area is 203 Å². The molecule has 0 radical (unpaired) electrons. The van der Waals surface area contributed by atoms with Crippen molar-refractivity contribution >= 4 is 35.6 Å². The molecule has 0 bridgehead atoms. The molecule has 0 unspecified atom stereocenters. The number of aromatic nitrogens is 2. The molecule has 3 aromatic heterocycles. The highest BCUT2D eigenvalue weighted by molar-refractivity contribution is 7.62. The van der Waals surface area contributed by atoms with Crippen LogP contribution in [0, 0.1) is 27.7 Å². The number of hydrogen-bond acceptors (Lipinski definition) is 6. The molecule has 1 N–H and O–H groups in total. The van der Waals surface area contributed by atoms with Crippen LogP contribution in [0.5, 0.6) is 0 Å². The van der Waals surface area contributed by atoms with Crippen LogP contribution in [0.2, 0.25) is 0 Å². The number of nitrogens with zero attached hydrogens (tertiary/aromatic N) is 1. The van der Waals surface area contributed by atoms with E-state index in [2.05, 4.69) is 44.8 Å². The van der Waals surface area contributed by atoms with Crippen LogP contribution in [0.3, 0.4) is 0 Å². The third-order valence-electron chi connectivity index (χ3n) is 5.37. The summed E-state index contributed by atoms with van der Waals surface area (Å²) in [5.74, 6) is 0.778. The Kier molecular flexibility index (Phi) is 7.08. The van der Waals surface area contributed by atoms with Crippen molar-refractivity contribution in [3.05, 3.63) is 55.9 Å². The van der Waals surface area contributed by atoms with E-state index in [0.717, 1.165) is 28.3 Å². The first kappa shape index (κ1) is 24.1. The lowest BCUT2D eigenvalue weighted by Gasteiger charge is -2.17. The Morgan fingerprint density at radius 2 is 1.42 bits per heavy atom. The molecule has 33 heavy (non-hydrogen) atoms. The highest BCUT2D eigenvalue weighted by atomic mass is 32.1. The highest BCUT2D eigenvalue weighted by Gasteiger charge is 2.27. The maximum atomic E-state index is 13.1. The van der Waals surface area contributed by atoms with Crippen LogP contribution in [0.4, 0.5) is 0 Å². The summed E-state index contributed by atoms with van der Waals surface area (Å²) in [7, 11) is -3.32. The Morgan fingerprint density at radius 3 is 1.91 bits per heavy atom. The fraction of sp³-hybridized carbons (Fsp3) is 0.320. The molecule has 0 aliphatic rings. The van der Waals surface area contributed by atoms with Crippen LogP contribution < -0.4 is 5.30 Å². The van der Waals surface area contributed by atoms with Gasteiger partial charge in [-0.25, -0.2) is 4.98 Å². The van der Waals surface area contributed by atoms with Crippen molar-refractivity contribution in [2.45, 2.75) is 41.5 Å². The quantitative estimate of drug-likeness (QED) is 0.252. The summed E-state index contributed by atoms with van der Waals surface area (Å²) in [6, 6.07) is 11.9. The Morgan fingerprint density at radius 1 is 0.879 bits per heavy atom. The van der Waals surface area contributed by atoms with Crippen LogP contribution in [0.25, 0.3) is 33.9 Å². The summed E-state index contributed by atoms with van der Waals surface area (Å²) in [6.07, 6.45) is 0. The number of thiophene rings is 2. The average molecular weight is 501 g/mol. The van der Waals surface area contributed by atoms with Gasteiger partial charge in [0.25, 0.3) is 0 Å². The zero-order valence-electron chi connectivity index (χ0n) is 19.8. The second-order valence-corrected chi connectivity index (χ2v) is 12.8. The molecular formula is C25H29N2O3PS2. The molecule has 0 saturated carbocycles. The summed E-state index contributed by atoms with van der Waals surface area (Å²) in [5.41, 5.74) is 5.26. The van der Waals surface area contributed by atoms with Crippen LogP contribution >= 0.6 is 30.3 Å². The molecule has 174 valence electrons. The number of H-pyrrole nitrogens is 1. The van der Waals surface area contributed by atoms with E-state index in [-0.39, 0.29) is 0 Å². The molecule has 0 aliphatic carbocycles. The lowest BCUT2D eigenvalue weighted by atomic mass is 10.1. The molecular weight excluding hydrogens is 471 g/mol. The summed E-state index contributed by atoms with van der Waals surface area (Å²) in [6.45, 7) is 12.8. The smallest absolute Gasteiger partial charge is 0.337 e. The van der Waals surface area contributed by atoms with Crippen molar-refractivity contribution in [1.82, 2.24) is 9.97 Å². The van der Waals surface area contributed by atoms with Gasteiger partial charge in [-0.2, -0.15) is 0 Å². The molecule has 4 rings (SSSR count). The Hall–Kier alpha value is -2.02. The number of aryl methyl sites for hydroxylation is 4. The number of rotatable bonds is 8. The lowest BCUT2D eigenvalue weighted by Crippen LogP contribution is -2.10. The zero-order chi connectivity index (χ0) is 23.8. The van der Waals surface area contributed by atoms with Gasteiger partial charge in [0.1, 0.15) is 5.82 Å². The van der Waals surface area contributed by atoms with Gasteiger partial charge in [0.15, 0.2) is 0 Å². The average Bonchev–Trinajstić information content (AvgIpc) is 3.44. The standard InChI is InChI=1S/C25H29N2O3PS2/c1-7-29-31(28,30-8-2)20-11-9-19(10-12-20)25-26-23(21-13-15(3)32-17(21)5)24(27-25)22-14-16(4)33-18(22)6/h9-14H,7-8H2,1-6H3,(H,26,27). The van der Waals surface area contributed by atoms with Gasteiger partial charge < -0.3 is 14.0 Å². The molecule has 4 aromatic rings. The van der Waals surface area contributed by atoms with Gasteiger partial charge in [-0.3, -0.25) is 4.57 Å². The molecule has 1 aromatic carbocycles. The van der Waals surface area contributed by atoms with Crippen LogP contribution in [-0.2, 0) is 13.6 Å². The maximum absolute atomic E-state index is 13.1. The molecule has 0 amide bonds. The lowest BCUT2D eigenvalue weighted by molar-refractivity contribution is 0.230. The number of nitrogens with one attached hydrogen (secondary N) is 1. The van der Waals surface area contributed by atoms with Gasteiger partial charge >= 0.3 is 7.60 Å². The van der Waals surface area contributed by atoms with E-state index in [1.807, 2.05) is 38.1 Å². The van der Waals surface area contributed by atoms with Gasteiger partial charge in [-0.15, -0.1) is 22.7 Å². The van der Waals surface area contributed by atoms with Crippen LogP contribution in [0.15, 0.2) is 36.4 Å². The normalized spacial score (nSPS) is 11.9. The molecule has 0 atom stereocenters. The first-order chi connectivity index (χ1) is 15.8. The monoisotopic (exact) mass is 500 g/mol. The van der Waals surface area contributed by atoms with E-state index in [0.29, 0.717) is 18.5 Å². The summed E-state index contributed by atoms with van der Waals surface area (Å²) in [5, 5.41) is 0.551. The number of aromatic amines is 1. The van der Waals surface area contributed by atoms with Gasteiger partial charge in [-0.1, -0.05) is 12.1 Å². The molecule has 0 aliphatic heterocycles. The number of benzene rings is 1. The Balaban J connectivity index is 1.81. The second kappa shape index (κ2) is 9.69. The van der Waals surface area contributed by atoms with Gasteiger partial charge in [0, 0.05) is 36.2 Å². The molecule has 0 spiro atoms. The number of hydrogen-bond donors (Lipinski definition) is 1. The van der Waals surface area contributed by atoms with E-state index >= 15 is 0 Å². The van der Waals surface area contributed by atoms with Crippen molar-refractivity contribution in [2.75, 3.05) is 13.2 Å². The minimum Gasteiger partial charge on any atom is -0.337 e. The third kappa shape index (κ3) is 4.79. The van der Waals surface area contributed by atoms with Crippen molar-refractivity contribution < 1.29 is 13.6 Å². The van der Waals surface area contributed by atoms with Crippen molar-refractivity contribution in [3.63, 3.8) is 0 Å². The minimum atomic E-state index is -3.32. The molecule has 0 fully saturated rings. The fourth-order valence-electron chi connectivity index (χ4n) is 3.97. The molecule has 3 heterocycles. The topological polar surface area (TPSA) is 64.2 Å². The third-order valence-corrected chi connectivity index (χ3v) is 9.42. The summed E-state index contributed by atoms with van der Waals surface area (Å²) >= 11 is 3.58. The van der Waals surface area contributed by atoms with Gasteiger partial charge in [-0.05, 0) is 65.8 Å². The van der Waals surface area contributed by atoms with Crippen molar-refractivity contribution in [1.29, 1.82) is 0 Å². The van der Waals surface area contributed by atoms with Crippen LogP contribution in [-0.4, -0.2) is 23.2 Å². The minimum absolute atomic E-state index is 0.322. The largest absolute Gasteiger partial charge is 0.361 e. The van der Waals surface area contributed by atoms with E-state index in [1.54, 1.807) is 22.7 Å². The first-order valence-electron chi connectivity index (χ1n) is 11.0. The van der Waals surface area contributed by atoms with Crippen molar-refractivity contribution in [2.24, 2.45) is 0 Å². The van der Waals surface area contributed by atoms with Gasteiger partial charge in [0.2, 0.25) is 0 Å². The SMILES string of the molecule is CCOP(=O)(OCC)c1ccc(-c2nc(-c3cc(C)sc3C)c(-c3cc(C)sc3C)[nH]2)cc1. The number of imidazole rings is 1. The van der Waals surface area contributed by atoms with E-state index in [1.165, 1.54) is 25.1 Å². The molecule has 0 saturated heterocycles. The van der Waals surface area contributed by atoms with Crippen molar-refractivity contribution in [3.8, 4) is 33.9 Å². The summed E-state index contributed by atoms with van der Waals surface area (Å²) in [4.78, 5) is 13.7. The summed E-state index contributed by atoms with van der Waals surface area (Å²) < 4.78 is 24.1. The maximum Gasteiger partial charge on any atom is 0.361 e. The van der Waals surface area contributed by atoms with Crippen LogP contribution in [0.1, 0.15) is 33.4 Å². The van der Waals surface area contributed by atoms with E-state index < -0.39 is 7.60 Å². The molecule has 8 heteroatoms. The predicted molar refractivity (Wildman–Crippen MR) is 140 cm³/mol. The predicted octanol–water partition coefficient (Wildman–Crippen LogP) is 7.66. The van der Waals surface area contributed by atoms with E-state index in [9.17, 15) is 4.57 Å². The van der Waals surface area contributed by atoms with E-state index in [4.69, 9.17) is 14.0 Å². The zero-order valence-corrected chi connectivity index (χ0v) is 22.3.